The molecule has 16 heavy (non-hydrogen) atoms. The first-order valence-electron chi connectivity index (χ1n) is 4.47. The van der Waals surface area contributed by atoms with Crippen molar-refractivity contribution in [1.29, 1.82) is 0 Å². The van der Waals surface area contributed by atoms with Gasteiger partial charge < -0.3 is 5.11 Å². The molecule has 0 bridgehead atoms. The van der Waals surface area contributed by atoms with E-state index in [0.29, 0.717) is 0 Å². The molecule has 1 heterocycles. The molecular weight excluding hydrogens is 212 g/mol. The van der Waals surface area contributed by atoms with Gasteiger partial charge in [0, 0.05) is 7.05 Å². The van der Waals surface area contributed by atoms with Gasteiger partial charge in [-0.3, -0.25) is 19.4 Å². The number of aromatic amines is 1. The van der Waals surface area contributed by atoms with Crippen LogP contribution in [0.2, 0.25) is 0 Å². The molecule has 2 rings (SSSR count). The van der Waals surface area contributed by atoms with Crippen molar-refractivity contribution in [3.05, 3.63) is 44.5 Å². The first-order chi connectivity index (χ1) is 7.50. The van der Waals surface area contributed by atoms with Gasteiger partial charge in [0.25, 0.3) is 11.1 Å². The predicted octanol–water partition coefficient (Wildman–Crippen LogP) is -0.0750. The monoisotopic (exact) mass is 220 g/mol. The van der Waals surface area contributed by atoms with E-state index in [1.807, 2.05) is 0 Å². The van der Waals surface area contributed by atoms with E-state index in [2.05, 4.69) is 5.10 Å². The van der Waals surface area contributed by atoms with Crippen LogP contribution < -0.4 is 11.1 Å². The fraction of sp³-hybridized carbons (Fsp3) is 0.100. The van der Waals surface area contributed by atoms with E-state index in [1.54, 1.807) is 0 Å². The molecule has 0 amide bonds. The molecule has 0 aliphatic carbocycles. The van der Waals surface area contributed by atoms with Crippen LogP contribution in [0.3, 0.4) is 0 Å². The van der Waals surface area contributed by atoms with Crippen molar-refractivity contribution in [2.24, 2.45) is 7.05 Å². The second-order valence-electron chi connectivity index (χ2n) is 3.37. The Morgan fingerprint density at radius 1 is 1.31 bits per heavy atom. The molecule has 0 saturated heterocycles. The van der Waals surface area contributed by atoms with Crippen molar-refractivity contribution in [2.75, 3.05) is 0 Å². The van der Waals surface area contributed by atoms with Crippen molar-refractivity contribution in [3.63, 3.8) is 0 Å². The SMILES string of the molecule is Cn1[nH]c(=O)c2ccc(C(=O)O)cc2c1=O. The highest BCUT2D eigenvalue weighted by Gasteiger charge is 2.09. The molecule has 6 heteroatoms. The molecule has 0 fully saturated rings. The van der Waals surface area contributed by atoms with Crippen LogP contribution in [-0.4, -0.2) is 20.9 Å². The topological polar surface area (TPSA) is 92.2 Å². The fourth-order valence-corrected chi connectivity index (χ4v) is 1.50. The van der Waals surface area contributed by atoms with Crippen molar-refractivity contribution in [2.45, 2.75) is 0 Å². The Bertz CT molecular complexity index is 696. The maximum Gasteiger partial charge on any atom is 0.335 e. The van der Waals surface area contributed by atoms with Gasteiger partial charge in [-0.05, 0) is 18.2 Å². The number of nitrogens with one attached hydrogen (secondary N) is 1. The molecular formula is C10H8N2O4. The first-order valence-corrected chi connectivity index (χ1v) is 4.47. The molecule has 0 aliphatic rings. The molecule has 82 valence electrons. The third-order valence-electron chi connectivity index (χ3n) is 2.32. The summed E-state index contributed by atoms with van der Waals surface area (Å²) in [5.41, 5.74) is -0.873. The Kier molecular flexibility index (Phi) is 2.12. The number of H-pyrrole nitrogens is 1. The Morgan fingerprint density at radius 3 is 2.62 bits per heavy atom. The summed E-state index contributed by atoms with van der Waals surface area (Å²) >= 11 is 0. The van der Waals surface area contributed by atoms with Crippen LogP contribution in [-0.2, 0) is 7.05 Å². The number of benzene rings is 1. The number of aromatic nitrogens is 2. The van der Waals surface area contributed by atoms with Gasteiger partial charge in [-0.1, -0.05) is 0 Å². The van der Waals surface area contributed by atoms with Crippen LogP contribution in [0.15, 0.2) is 27.8 Å². The maximum absolute atomic E-state index is 11.7. The molecule has 2 N–H and O–H groups in total. The van der Waals surface area contributed by atoms with Gasteiger partial charge in [0.05, 0.1) is 16.3 Å². The molecule has 0 aliphatic heterocycles. The molecule has 0 spiro atoms. The summed E-state index contributed by atoms with van der Waals surface area (Å²) in [6.07, 6.45) is 0. The van der Waals surface area contributed by atoms with E-state index in [4.69, 9.17) is 5.11 Å². The van der Waals surface area contributed by atoms with E-state index < -0.39 is 17.1 Å². The number of nitrogens with zero attached hydrogens (tertiary/aromatic N) is 1. The van der Waals surface area contributed by atoms with Gasteiger partial charge in [-0.25, -0.2) is 4.79 Å². The van der Waals surface area contributed by atoms with Crippen molar-refractivity contribution in [1.82, 2.24) is 9.78 Å². The molecule has 0 unspecified atom stereocenters. The van der Waals surface area contributed by atoms with Gasteiger partial charge >= 0.3 is 5.97 Å². The summed E-state index contributed by atoms with van der Waals surface area (Å²) in [4.78, 5) is 33.9. The van der Waals surface area contributed by atoms with Crippen LogP contribution >= 0.6 is 0 Å². The molecule has 2 aromatic rings. The lowest BCUT2D eigenvalue weighted by Gasteiger charge is -2.01. The minimum Gasteiger partial charge on any atom is -0.478 e. The van der Waals surface area contributed by atoms with Gasteiger partial charge in [0.1, 0.15) is 0 Å². The third-order valence-corrected chi connectivity index (χ3v) is 2.32. The first kappa shape index (κ1) is 10.2. The van der Waals surface area contributed by atoms with Crippen LogP contribution in [0, 0.1) is 0 Å². The standard InChI is InChI=1S/C10H8N2O4/c1-12-9(14)7-4-5(10(15)16)2-3-6(7)8(13)11-12/h2-4H,1H3,(H,11,13)(H,15,16). The molecule has 6 nitrogen and oxygen atoms in total. The van der Waals surface area contributed by atoms with Crippen molar-refractivity contribution < 1.29 is 9.90 Å². The number of fused-ring (bicyclic) bond motifs is 1. The zero-order valence-electron chi connectivity index (χ0n) is 8.35. The molecule has 0 saturated carbocycles. The number of carbonyl (C=O) groups is 1. The van der Waals surface area contributed by atoms with E-state index in [0.717, 1.165) is 4.68 Å². The smallest absolute Gasteiger partial charge is 0.335 e. The Labute approximate surface area is 88.7 Å². The van der Waals surface area contributed by atoms with Gasteiger partial charge in [-0.2, -0.15) is 0 Å². The van der Waals surface area contributed by atoms with E-state index in [-0.39, 0.29) is 16.3 Å². The number of carboxylic acids is 1. The largest absolute Gasteiger partial charge is 0.478 e. The van der Waals surface area contributed by atoms with Crippen LogP contribution in [0.1, 0.15) is 10.4 Å². The lowest BCUT2D eigenvalue weighted by molar-refractivity contribution is 0.0697. The Balaban J connectivity index is 2.98. The lowest BCUT2D eigenvalue weighted by atomic mass is 10.1. The second kappa shape index (κ2) is 3.34. The number of hydrogen-bond donors (Lipinski definition) is 2. The number of aryl methyl sites for hydroxylation is 1. The highest BCUT2D eigenvalue weighted by molar-refractivity contribution is 5.93. The van der Waals surface area contributed by atoms with Crippen LogP contribution in [0.25, 0.3) is 10.8 Å². The normalized spacial score (nSPS) is 10.6. The molecule has 1 aromatic heterocycles. The van der Waals surface area contributed by atoms with Gasteiger partial charge in [0.2, 0.25) is 0 Å². The minimum absolute atomic E-state index is 0.0183. The summed E-state index contributed by atoms with van der Waals surface area (Å²) < 4.78 is 1.02. The average molecular weight is 220 g/mol. The van der Waals surface area contributed by atoms with E-state index in [9.17, 15) is 14.4 Å². The number of hydrogen-bond acceptors (Lipinski definition) is 3. The number of aromatic carboxylic acids is 1. The summed E-state index contributed by atoms with van der Waals surface area (Å²) in [7, 11) is 1.40. The molecule has 0 radical (unpaired) electrons. The van der Waals surface area contributed by atoms with Crippen LogP contribution in [0.4, 0.5) is 0 Å². The van der Waals surface area contributed by atoms with Gasteiger partial charge in [-0.15, -0.1) is 0 Å². The predicted molar refractivity (Wildman–Crippen MR) is 56.8 cm³/mol. The Morgan fingerprint density at radius 2 is 2.00 bits per heavy atom. The van der Waals surface area contributed by atoms with Gasteiger partial charge in [0.15, 0.2) is 0 Å². The number of rotatable bonds is 1. The highest BCUT2D eigenvalue weighted by atomic mass is 16.4. The molecule has 0 atom stereocenters. The maximum atomic E-state index is 11.7. The fourth-order valence-electron chi connectivity index (χ4n) is 1.50. The zero-order chi connectivity index (χ0) is 11.9. The van der Waals surface area contributed by atoms with Crippen LogP contribution in [0.5, 0.6) is 0 Å². The second-order valence-corrected chi connectivity index (χ2v) is 3.37. The Hall–Kier alpha value is -2.37. The number of carboxylic acid groups (broad SMARTS) is 1. The molecule has 1 aromatic carbocycles. The highest BCUT2D eigenvalue weighted by Crippen LogP contribution is 2.08. The summed E-state index contributed by atoms with van der Waals surface area (Å²) in [6, 6.07) is 3.83. The van der Waals surface area contributed by atoms with Crippen molar-refractivity contribution in [3.8, 4) is 0 Å². The minimum atomic E-state index is -1.13. The average Bonchev–Trinajstić information content (AvgIpc) is 2.25. The summed E-state index contributed by atoms with van der Waals surface area (Å²) in [5, 5.41) is 11.4. The zero-order valence-corrected chi connectivity index (χ0v) is 8.35. The van der Waals surface area contributed by atoms with E-state index in [1.165, 1.54) is 25.2 Å². The summed E-state index contributed by atoms with van der Waals surface area (Å²) in [6.45, 7) is 0. The third kappa shape index (κ3) is 1.40. The van der Waals surface area contributed by atoms with E-state index >= 15 is 0 Å². The quantitative estimate of drug-likeness (QED) is 0.703. The summed E-state index contributed by atoms with van der Waals surface area (Å²) in [5.74, 6) is -1.13. The van der Waals surface area contributed by atoms with Crippen molar-refractivity contribution >= 4 is 16.7 Å². The lowest BCUT2D eigenvalue weighted by Crippen LogP contribution is -2.27.